The molecule has 0 bridgehead atoms. The van der Waals surface area contributed by atoms with Crippen molar-refractivity contribution in [3.8, 4) is 33.4 Å². The summed E-state index contributed by atoms with van der Waals surface area (Å²) in [5.41, 5.74) is 12.1. The van der Waals surface area contributed by atoms with E-state index in [4.69, 9.17) is 4.42 Å². The first-order valence-electron chi connectivity index (χ1n) is 19.2. The van der Waals surface area contributed by atoms with Gasteiger partial charge in [-0.15, -0.1) is 0 Å². The monoisotopic (exact) mass is 713 g/mol. The molecule has 0 aliphatic carbocycles. The Morgan fingerprint density at radius 3 is 1.66 bits per heavy atom. The number of benzene rings is 10. The Balaban J connectivity index is 0.996. The van der Waals surface area contributed by atoms with E-state index in [1.807, 2.05) is 12.1 Å². The number of rotatable bonds is 6. The summed E-state index contributed by atoms with van der Waals surface area (Å²) in [6.45, 7) is 0. The van der Waals surface area contributed by atoms with Gasteiger partial charge < -0.3 is 9.32 Å². The molecule has 0 saturated carbocycles. The summed E-state index contributed by atoms with van der Waals surface area (Å²) < 4.78 is 6.39. The van der Waals surface area contributed by atoms with Crippen LogP contribution in [0.1, 0.15) is 0 Å². The number of fused-ring (bicyclic) bond motifs is 7. The van der Waals surface area contributed by atoms with Crippen LogP contribution < -0.4 is 4.90 Å². The lowest BCUT2D eigenvalue weighted by Gasteiger charge is -2.27. The van der Waals surface area contributed by atoms with Crippen LogP contribution in [0.5, 0.6) is 0 Å². The zero-order chi connectivity index (χ0) is 37.0. The minimum absolute atomic E-state index is 0.871. The highest BCUT2D eigenvalue weighted by atomic mass is 16.3. The lowest BCUT2D eigenvalue weighted by Crippen LogP contribution is -2.10. The van der Waals surface area contributed by atoms with E-state index in [0.29, 0.717) is 0 Å². The van der Waals surface area contributed by atoms with Gasteiger partial charge in [0.05, 0.1) is 11.1 Å². The second-order valence-electron chi connectivity index (χ2n) is 14.5. The molecule has 10 aromatic carbocycles. The Kier molecular flexibility index (Phi) is 7.53. The molecule has 11 aromatic rings. The van der Waals surface area contributed by atoms with Gasteiger partial charge in [-0.1, -0.05) is 164 Å². The third-order valence-electron chi connectivity index (χ3n) is 11.3. The third-order valence-corrected chi connectivity index (χ3v) is 11.3. The molecule has 2 heteroatoms. The van der Waals surface area contributed by atoms with Crippen LogP contribution in [0.4, 0.5) is 17.1 Å². The first kappa shape index (κ1) is 32.0. The van der Waals surface area contributed by atoms with Crippen LogP contribution in [0.15, 0.2) is 217 Å². The zero-order valence-electron chi connectivity index (χ0n) is 30.6. The predicted octanol–water partition coefficient (Wildman–Crippen LogP) is 15.5. The first-order chi connectivity index (χ1) is 27.7. The standard InChI is InChI=1S/C54H35NO/c1-3-15-46-39(10-1)12-8-18-48(46)43-13-7-14-45(34-43)55(51-19-9-21-53-54(51)49-17-5-6-20-52(49)56-53)44-32-30-37(31-33-44)36-22-24-38(25-23-36)42-29-28-41-27-26-40-11-2-4-16-47(40)50(41)35-42/h1-35H. The molecule has 0 aliphatic heterocycles. The summed E-state index contributed by atoms with van der Waals surface area (Å²) in [4.78, 5) is 2.37. The van der Waals surface area contributed by atoms with E-state index >= 15 is 0 Å². The number of furan rings is 1. The van der Waals surface area contributed by atoms with Crippen molar-refractivity contribution in [3.63, 3.8) is 0 Å². The molecule has 0 unspecified atom stereocenters. The SMILES string of the molecule is c1cc(-c2cccc3ccccc23)cc(N(c2ccc(-c3ccc(-c4ccc5ccc6ccccc6c5c4)cc3)cc2)c2cccc3oc4ccccc4c23)c1. The fourth-order valence-corrected chi connectivity index (χ4v) is 8.50. The summed E-state index contributed by atoms with van der Waals surface area (Å²) in [6, 6.07) is 76.5. The van der Waals surface area contributed by atoms with Gasteiger partial charge in [0.1, 0.15) is 11.2 Å². The fourth-order valence-electron chi connectivity index (χ4n) is 8.50. The second-order valence-corrected chi connectivity index (χ2v) is 14.5. The van der Waals surface area contributed by atoms with E-state index in [1.54, 1.807) is 0 Å². The van der Waals surface area contributed by atoms with Crippen molar-refractivity contribution < 1.29 is 4.42 Å². The summed E-state index contributed by atoms with van der Waals surface area (Å²) in [6.07, 6.45) is 0. The Bertz CT molecular complexity index is 3240. The van der Waals surface area contributed by atoms with Crippen molar-refractivity contribution in [2.45, 2.75) is 0 Å². The summed E-state index contributed by atoms with van der Waals surface area (Å²) in [7, 11) is 0. The van der Waals surface area contributed by atoms with Gasteiger partial charge in [-0.3, -0.25) is 0 Å². The molecule has 0 fully saturated rings. The van der Waals surface area contributed by atoms with Crippen LogP contribution in [0.2, 0.25) is 0 Å². The molecule has 2 nitrogen and oxygen atoms in total. The Morgan fingerprint density at radius 2 is 0.857 bits per heavy atom. The third kappa shape index (κ3) is 5.42. The summed E-state index contributed by atoms with van der Waals surface area (Å²) in [5.74, 6) is 0. The molecule has 0 atom stereocenters. The van der Waals surface area contributed by atoms with E-state index in [-0.39, 0.29) is 0 Å². The second kappa shape index (κ2) is 13.2. The lowest BCUT2D eigenvalue weighted by molar-refractivity contribution is 0.669. The summed E-state index contributed by atoms with van der Waals surface area (Å²) in [5, 5.41) is 9.77. The van der Waals surface area contributed by atoms with Crippen LogP contribution in [0.25, 0.3) is 87.6 Å². The van der Waals surface area contributed by atoms with Crippen LogP contribution in [-0.2, 0) is 0 Å². The van der Waals surface area contributed by atoms with Crippen molar-refractivity contribution in [1.82, 2.24) is 0 Å². The molecule has 0 amide bonds. The van der Waals surface area contributed by atoms with Gasteiger partial charge in [0.15, 0.2) is 0 Å². The van der Waals surface area contributed by atoms with Crippen molar-refractivity contribution >= 4 is 71.3 Å². The molecule has 0 spiro atoms. The number of hydrogen-bond donors (Lipinski definition) is 0. The molecule has 0 saturated heterocycles. The zero-order valence-corrected chi connectivity index (χ0v) is 30.6. The Labute approximate surface area is 325 Å². The van der Waals surface area contributed by atoms with Crippen LogP contribution in [0.3, 0.4) is 0 Å². The maximum Gasteiger partial charge on any atom is 0.137 e. The molecule has 0 N–H and O–H groups in total. The van der Waals surface area contributed by atoms with E-state index in [0.717, 1.165) is 39.0 Å². The topological polar surface area (TPSA) is 16.4 Å². The minimum atomic E-state index is 0.871. The number of nitrogens with zero attached hydrogens (tertiary/aromatic N) is 1. The van der Waals surface area contributed by atoms with Crippen molar-refractivity contribution in [1.29, 1.82) is 0 Å². The minimum Gasteiger partial charge on any atom is -0.456 e. The highest BCUT2D eigenvalue weighted by Crippen LogP contribution is 2.44. The van der Waals surface area contributed by atoms with Crippen molar-refractivity contribution in [3.05, 3.63) is 212 Å². The average Bonchev–Trinajstić information content (AvgIpc) is 3.66. The van der Waals surface area contributed by atoms with Gasteiger partial charge in [0.2, 0.25) is 0 Å². The molecule has 0 aliphatic rings. The van der Waals surface area contributed by atoms with Crippen LogP contribution in [0, 0.1) is 0 Å². The van der Waals surface area contributed by atoms with Gasteiger partial charge in [-0.05, 0) is 114 Å². The highest BCUT2D eigenvalue weighted by molar-refractivity contribution is 6.13. The van der Waals surface area contributed by atoms with Gasteiger partial charge in [0, 0.05) is 16.8 Å². The average molecular weight is 714 g/mol. The Hall–Kier alpha value is -7.42. The van der Waals surface area contributed by atoms with Gasteiger partial charge >= 0.3 is 0 Å². The molecule has 11 rings (SSSR count). The predicted molar refractivity (Wildman–Crippen MR) is 237 cm³/mol. The largest absolute Gasteiger partial charge is 0.456 e. The number of para-hydroxylation sites is 1. The van der Waals surface area contributed by atoms with E-state index in [9.17, 15) is 0 Å². The first-order valence-corrected chi connectivity index (χ1v) is 19.2. The van der Waals surface area contributed by atoms with Crippen molar-refractivity contribution in [2.75, 3.05) is 4.90 Å². The smallest absolute Gasteiger partial charge is 0.137 e. The molecule has 56 heavy (non-hydrogen) atoms. The van der Waals surface area contributed by atoms with Gasteiger partial charge in [0.25, 0.3) is 0 Å². The summed E-state index contributed by atoms with van der Waals surface area (Å²) >= 11 is 0. The lowest BCUT2D eigenvalue weighted by atomic mass is 9.96. The van der Waals surface area contributed by atoms with E-state index < -0.39 is 0 Å². The maximum absolute atomic E-state index is 6.39. The van der Waals surface area contributed by atoms with Crippen LogP contribution in [-0.4, -0.2) is 0 Å². The van der Waals surface area contributed by atoms with Gasteiger partial charge in [-0.2, -0.15) is 0 Å². The molecule has 262 valence electrons. The van der Waals surface area contributed by atoms with Gasteiger partial charge in [-0.25, -0.2) is 0 Å². The molecule has 1 heterocycles. The van der Waals surface area contributed by atoms with Crippen LogP contribution >= 0.6 is 0 Å². The quantitative estimate of drug-likeness (QED) is 0.160. The van der Waals surface area contributed by atoms with E-state index in [2.05, 4.69) is 205 Å². The fraction of sp³-hybridized carbons (Fsp3) is 0. The van der Waals surface area contributed by atoms with E-state index in [1.165, 1.54) is 65.7 Å². The molecule has 1 aromatic heterocycles. The highest BCUT2D eigenvalue weighted by Gasteiger charge is 2.20. The number of anilines is 3. The molecule has 0 radical (unpaired) electrons. The Morgan fingerprint density at radius 1 is 0.304 bits per heavy atom. The number of hydrogen-bond acceptors (Lipinski definition) is 2. The molecular formula is C54H35NO. The maximum atomic E-state index is 6.39. The van der Waals surface area contributed by atoms with Crippen molar-refractivity contribution in [2.24, 2.45) is 0 Å². The normalized spacial score (nSPS) is 11.6. The molecular weight excluding hydrogens is 679 g/mol.